The van der Waals surface area contributed by atoms with E-state index in [1.807, 2.05) is 25.1 Å². The maximum absolute atomic E-state index is 12.1. The number of aryl methyl sites for hydroxylation is 1. The molecule has 0 aliphatic rings. The smallest absolute Gasteiger partial charge is 0.221 e. The van der Waals surface area contributed by atoms with Crippen molar-refractivity contribution < 1.29 is 14.3 Å². The van der Waals surface area contributed by atoms with Gasteiger partial charge in [-0.3, -0.25) is 4.79 Å². The number of nitrogens with zero attached hydrogens (tertiary/aromatic N) is 3. The molecule has 1 amide bonds. The Morgan fingerprint density at radius 1 is 1.19 bits per heavy atom. The molecular formula is C19H27ClN4O3. The molecule has 0 aliphatic carbocycles. The first-order chi connectivity index (χ1) is 13.1. The van der Waals surface area contributed by atoms with Gasteiger partial charge in [-0.1, -0.05) is 18.5 Å². The SMILES string of the molecule is CCc1nc(N(CCOC)CCC(=O)NCCOC)c2ccc(Cl)cc2n1. The van der Waals surface area contributed by atoms with Gasteiger partial charge in [-0.25, -0.2) is 9.97 Å². The minimum absolute atomic E-state index is 0.0217. The quantitative estimate of drug-likeness (QED) is 0.590. The van der Waals surface area contributed by atoms with E-state index >= 15 is 0 Å². The van der Waals surface area contributed by atoms with E-state index in [2.05, 4.69) is 15.2 Å². The summed E-state index contributed by atoms with van der Waals surface area (Å²) in [6.45, 7) is 4.70. The summed E-state index contributed by atoms with van der Waals surface area (Å²) in [6.07, 6.45) is 1.07. The van der Waals surface area contributed by atoms with Crippen LogP contribution in [-0.2, 0) is 20.7 Å². The van der Waals surface area contributed by atoms with E-state index < -0.39 is 0 Å². The summed E-state index contributed by atoms with van der Waals surface area (Å²) in [6, 6.07) is 5.59. The zero-order valence-corrected chi connectivity index (χ0v) is 16.9. The Labute approximate surface area is 165 Å². The molecule has 8 heteroatoms. The molecular weight excluding hydrogens is 368 g/mol. The molecule has 27 heavy (non-hydrogen) atoms. The van der Waals surface area contributed by atoms with Crippen LogP contribution >= 0.6 is 11.6 Å². The normalized spacial score (nSPS) is 11.0. The van der Waals surface area contributed by atoms with Gasteiger partial charge in [0.25, 0.3) is 0 Å². The highest BCUT2D eigenvalue weighted by molar-refractivity contribution is 6.31. The van der Waals surface area contributed by atoms with Crippen molar-refractivity contribution in [1.82, 2.24) is 15.3 Å². The predicted molar refractivity (Wildman–Crippen MR) is 108 cm³/mol. The fourth-order valence-electron chi connectivity index (χ4n) is 2.67. The average molecular weight is 395 g/mol. The van der Waals surface area contributed by atoms with Gasteiger partial charge in [0, 0.05) is 57.1 Å². The number of carbonyl (C=O) groups excluding carboxylic acids is 1. The summed E-state index contributed by atoms with van der Waals surface area (Å²) >= 11 is 6.14. The molecule has 0 radical (unpaired) electrons. The molecule has 2 rings (SSSR count). The van der Waals surface area contributed by atoms with Crippen molar-refractivity contribution in [2.75, 3.05) is 52.0 Å². The van der Waals surface area contributed by atoms with E-state index in [-0.39, 0.29) is 5.91 Å². The minimum atomic E-state index is -0.0217. The molecule has 0 saturated carbocycles. The van der Waals surface area contributed by atoms with Crippen molar-refractivity contribution >= 4 is 34.2 Å². The minimum Gasteiger partial charge on any atom is -0.383 e. The number of hydrogen-bond donors (Lipinski definition) is 1. The maximum Gasteiger partial charge on any atom is 0.221 e. The highest BCUT2D eigenvalue weighted by atomic mass is 35.5. The number of halogens is 1. The fourth-order valence-corrected chi connectivity index (χ4v) is 2.84. The first kappa shape index (κ1) is 21.3. The lowest BCUT2D eigenvalue weighted by molar-refractivity contribution is -0.121. The van der Waals surface area contributed by atoms with Crippen LogP contribution in [0.2, 0.25) is 5.02 Å². The fraction of sp³-hybridized carbons (Fsp3) is 0.526. The van der Waals surface area contributed by atoms with Crippen LogP contribution < -0.4 is 10.2 Å². The lowest BCUT2D eigenvalue weighted by Crippen LogP contribution is -2.34. The zero-order valence-electron chi connectivity index (χ0n) is 16.1. The van der Waals surface area contributed by atoms with E-state index in [0.29, 0.717) is 50.7 Å². The second-order valence-corrected chi connectivity index (χ2v) is 6.49. The van der Waals surface area contributed by atoms with Crippen LogP contribution in [0, 0.1) is 0 Å². The van der Waals surface area contributed by atoms with Gasteiger partial charge in [-0.2, -0.15) is 0 Å². The van der Waals surface area contributed by atoms with Crippen LogP contribution in [-0.4, -0.2) is 62.9 Å². The third-order valence-electron chi connectivity index (χ3n) is 4.10. The van der Waals surface area contributed by atoms with Gasteiger partial charge >= 0.3 is 0 Å². The molecule has 2 aromatic rings. The molecule has 0 aliphatic heterocycles. The van der Waals surface area contributed by atoms with Crippen LogP contribution in [0.3, 0.4) is 0 Å². The van der Waals surface area contributed by atoms with Gasteiger partial charge in [0.1, 0.15) is 11.6 Å². The van der Waals surface area contributed by atoms with E-state index in [4.69, 9.17) is 26.1 Å². The number of aromatic nitrogens is 2. The molecule has 1 N–H and O–H groups in total. The van der Waals surface area contributed by atoms with Crippen LogP contribution in [0.15, 0.2) is 18.2 Å². The Bertz CT molecular complexity index is 757. The molecule has 0 saturated heterocycles. The van der Waals surface area contributed by atoms with Gasteiger partial charge in [-0.05, 0) is 18.2 Å². The summed E-state index contributed by atoms with van der Waals surface area (Å²) < 4.78 is 10.2. The van der Waals surface area contributed by atoms with Gasteiger partial charge in [0.05, 0.1) is 18.7 Å². The van der Waals surface area contributed by atoms with Crippen molar-refractivity contribution in [3.05, 3.63) is 29.0 Å². The monoisotopic (exact) mass is 394 g/mol. The maximum atomic E-state index is 12.1. The number of methoxy groups -OCH3 is 2. The van der Waals surface area contributed by atoms with Crippen LogP contribution in [0.25, 0.3) is 10.9 Å². The second kappa shape index (κ2) is 11.0. The van der Waals surface area contributed by atoms with Gasteiger partial charge in [0.15, 0.2) is 0 Å². The van der Waals surface area contributed by atoms with E-state index in [9.17, 15) is 4.79 Å². The third kappa shape index (κ3) is 6.30. The highest BCUT2D eigenvalue weighted by Crippen LogP contribution is 2.26. The molecule has 148 valence electrons. The first-order valence-corrected chi connectivity index (χ1v) is 9.42. The number of nitrogens with one attached hydrogen (secondary N) is 1. The van der Waals surface area contributed by atoms with Crippen LogP contribution in [0.4, 0.5) is 5.82 Å². The third-order valence-corrected chi connectivity index (χ3v) is 4.34. The van der Waals surface area contributed by atoms with E-state index in [1.165, 1.54) is 0 Å². The number of rotatable bonds is 11. The number of fused-ring (bicyclic) bond motifs is 1. The first-order valence-electron chi connectivity index (χ1n) is 9.04. The molecule has 1 aromatic heterocycles. The summed E-state index contributed by atoms with van der Waals surface area (Å²) in [5, 5.41) is 4.39. The Hall–Kier alpha value is -1.96. The Morgan fingerprint density at radius 3 is 2.67 bits per heavy atom. The average Bonchev–Trinajstić information content (AvgIpc) is 2.67. The molecule has 0 atom stereocenters. The Balaban J connectivity index is 2.25. The lowest BCUT2D eigenvalue weighted by atomic mass is 10.2. The van der Waals surface area contributed by atoms with Crippen molar-refractivity contribution in [1.29, 1.82) is 0 Å². The Kier molecular flexibility index (Phi) is 8.71. The molecule has 7 nitrogen and oxygen atoms in total. The van der Waals surface area contributed by atoms with Gasteiger partial charge < -0.3 is 19.7 Å². The number of ether oxygens (including phenoxy) is 2. The van der Waals surface area contributed by atoms with Gasteiger partial charge in [-0.15, -0.1) is 0 Å². The summed E-state index contributed by atoms with van der Waals surface area (Å²) in [5.74, 6) is 1.52. The van der Waals surface area contributed by atoms with Crippen molar-refractivity contribution in [2.24, 2.45) is 0 Å². The number of anilines is 1. The van der Waals surface area contributed by atoms with Crippen LogP contribution in [0.1, 0.15) is 19.2 Å². The number of carbonyl (C=O) groups is 1. The molecule has 0 fully saturated rings. The van der Waals surface area contributed by atoms with Crippen molar-refractivity contribution in [3.8, 4) is 0 Å². The number of amides is 1. The Morgan fingerprint density at radius 2 is 1.96 bits per heavy atom. The number of hydrogen-bond acceptors (Lipinski definition) is 6. The molecule has 0 bridgehead atoms. The molecule has 0 unspecified atom stereocenters. The zero-order chi connectivity index (χ0) is 19.6. The summed E-state index contributed by atoms with van der Waals surface area (Å²) in [7, 11) is 3.27. The van der Waals surface area contributed by atoms with E-state index in [1.54, 1.807) is 14.2 Å². The lowest BCUT2D eigenvalue weighted by Gasteiger charge is -2.25. The standard InChI is InChI=1S/C19H27ClN4O3/c1-4-17-22-16-13-14(20)5-6-15(16)19(23-17)24(10-12-27-3)9-7-18(25)21-8-11-26-2/h5-6,13H,4,7-12H2,1-3H3,(H,21,25). The topological polar surface area (TPSA) is 76.6 Å². The molecule has 1 aromatic carbocycles. The van der Waals surface area contributed by atoms with E-state index in [0.717, 1.165) is 22.5 Å². The molecule has 0 spiro atoms. The van der Waals surface area contributed by atoms with Gasteiger partial charge in [0.2, 0.25) is 5.91 Å². The largest absolute Gasteiger partial charge is 0.383 e. The summed E-state index contributed by atoms with van der Waals surface area (Å²) in [5.41, 5.74) is 0.802. The summed E-state index contributed by atoms with van der Waals surface area (Å²) in [4.78, 5) is 23.4. The second-order valence-electron chi connectivity index (χ2n) is 6.05. The predicted octanol–water partition coefficient (Wildman–Crippen LogP) is 2.45. The highest BCUT2D eigenvalue weighted by Gasteiger charge is 2.16. The number of benzene rings is 1. The van der Waals surface area contributed by atoms with Crippen molar-refractivity contribution in [3.63, 3.8) is 0 Å². The van der Waals surface area contributed by atoms with Crippen LogP contribution in [0.5, 0.6) is 0 Å². The molecule has 1 heterocycles. The van der Waals surface area contributed by atoms with Crippen molar-refractivity contribution in [2.45, 2.75) is 19.8 Å².